The third kappa shape index (κ3) is 3.24. The Morgan fingerprint density at radius 1 is 1.11 bits per heavy atom. The van der Waals surface area contributed by atoms with E-state index in [0.29, 0.717) is 38.5 Å². The first-order valence-electron chi connectivity index (χ1n) is 13.2. The van der Waals surface area contributed by atoms with Gasteiger partial charge >= 0.3 is 5.97 Å². The Morgan fingerprint density at radius 3 is 2.49 bits per heavy atom. The zero-order chi connectivity index (χ0) is 25.6. The number of cyclic esters (lactones) is 1. The van der Waals surface area contributed by atoms with Gasteiger partial charge in [0.1, 0.15) is 17.5 Å². The number of rotatable bonds is 3. The quantitative estimate of drug-likeness (QED) is 0.356. The Kier molecular flexibility index (Phi) is 5.73. The number of fused-ring (bicyclic) bond motifs is 5. The zero-order valence-electron chi connectivity index (χ0n) is 21.3. The van der Waals surface area contributed by atoms with Gasteiger partial charge in [0.15, 0.2) is 0 Å². The highest BCUT2D eigenvalue weighted by Gasteiger charge is 2.70. The predicted molar refractivity (Wildman–Crippen MR) is 128 cm³/mol. The fourth-order valence-electron chi connectivity index (χ4n) is 8.97. The second kappa shape index (κ2) is 7.98. The number of carbonyl (C=O) groups is 2. The highest BCUT2D eigenvalue weighted by atomic mass is 16.6. The van der Waals surface area contributed by atoms with Crippen LogP contribution in [-0.4, -0.2) is 62.2 Å². The van der Waals surface area contributed by atoms with E-state index in [1.54, 1.807) is 13.8 Å². The van der Waals surface area contributed by atoms with Gasteiger partial charge < -0.3 is 25.2 Å². The highest BCUT2D eigenvalue weighted by molar-refractivity contribution is 5.91. The van der Waals surface area contributed by atoms with E-state index in [0.717, 1.165) is 17.6 Å². The van der Waals surface area contributed by atoms with Crippen molar-refractivity contribution >= 4 is 11.8 Å². The monoisotopic (exact) mass is 488 g/mol. The topological polar surface area (TPSA) is 124 Å². The fraction of sp³-hybridized carbons (Fsp3) is 0.786. The number of Topliss-reactive ketones (excluding diaryl/α,β-unsaturated/α-hetero) is 1. The first kappa shape index (κ1) is 25.1. The maximum absolute atomic E-state index is 13.2. The van der Waals surface area contributed by atoms with Gasteiger partial charge in [0.25, 0.3) is 0 Å². The van der Waals surface area contributed by atoms with Gasteiger partial charge in [-0.25, -0.2) is 4.79 Å². The van der Waals surface area contributed by atoms with Crippen LogP contribution < -0.4 is 0 Å². The molecule has 7 heteroatoms. The molecule has 9 atom stereocenters. The van der Waals surface area contributed by atoms with Crippen molar-refractivity contribution in [3.63, 3.8) is 0 Å². The predicted octanol–water partition coefficient (Wildman–Crippen LogP) is 2.60. The summed E-state index contributed by atoms with van der Waals surface area (Å²) in [5.74, 6) is -0.897. The molecule has 4 N–H and O–H groups in total. The molecule has 7 nitrogen and oxygen atoms in total. The van der Waals surface area contributed by atoms with E-state index >= 15 is 0 Å². The summed E-state index contributed by atoms with van der Waals surface area (Å²) in [7, 11) is 0. The number of aliphatic hydroxyl groups excluding tert-OH is 2. The van der Waals surface area contributed by atoms with E-state index in [1.165, 1.54) is 0 Å². The molecule has 4 aliphatic carbocycles. The maximum atomic E-state index is 13.2. The number of hydrogen-bond donors (Lipinski definition) is 4. The molecule has 3 saturated carbocycles. The minimum Gasteiger partial charge on any atom is -0.456 e. The Morgan fingerprint density at radius 2 is 1.83 bits per heavy atom. The molecule has 35 heavy (non-hydrogen) atoms. The molecule has 0 unspecified atom stereocenters. The largest absolute Gasteiger partial charge is 0.456 e. The standard InChI is InChI=1S/C28H40O7/c1-15-11-23(35-24(32)18(15)14-29)27(4,33)21-8-10-28(34)20-6-5-16-12-17(30)13-22(31)26(16,3)19(20)7-9-25(21,28)2/h5,17,19-21,23,29-30,33-34H,6-14H2,1-4H3/t17-,19+,20-,21+,23-,25-,26+,27-,28-/m1/s1. The molecule has 0 saturated heterocycles. The van der Waals surface area contributed by atoms with Gasteiger partial charge in [-0.3, -0.25) is 4.79 Å². The van der Waals surface area contributed by atoms with E-state index in [1.807, 2.05) is 6.92 Å². The fourth-order valence-corrected chi connectivity index (χ4v) is 8.97. The van der Waals surface area contributed by atoms with Crippen LogP contribution in [-0.2, 0) is 14.3 Å². The van der Waals surface area contributed by atoms with Gasteiger partial charge in [0.05, 0.1) is 29.3 Å². The summed E-state index contributed by atoms with van der Waals surface area (Å²) in [6.07, 6.45) is 4.99. The first-order valence-corrected chi connectivity index (χ1v) is 13.2. The van der Waals surface area contributed by atoms with Gasteiger partial charge in [0, 0.05) is 18.3 Å². The third-order valence-electron chi connectivity index (χ3n) is 11.1. The molecular weight excluding hydrogens is 448 g/mol. The van der Waals surface area contributed by atoms with Gasteiger partial charge in [-0.15, -0.1) is 0 Å². The van der Waals surface area contributed by atoms with Crippen LogP contribution >= 0.6 is 0 Å². The van der Waals surface area contributed by atoms with Gasteiger partial charge in [-0.1, -0.05) is 24.1 Å². The van der Waals surface area contributed by atoms with Crippen molar-refractivity contribution in [2.24, 2.45) is 28.6 Å². The summed E-state index contributed by atoms with van der Waals surface area (Å²) in [4.78, 5) is 25.7. The SMILES string of the molecule is CC1=C(CO)C(=O)O[C@@H]([C@](C)(O)[C@H]2CC[C@@]3(O)[C@@H]4CC=C5C[C@@H](O)CC(=O)[C@]5(C)[C@H]4CC[C@]23C)C1. The lowest BCUT2D eigenvalue weighted by molar-refractivity contribution is -0.215. The van der Waals surface area contributed by atoms with Crippen molar-refractivity contribution in [3.05, 3.63) is 22.8 Å². The van der Waals surface area contributed by atoms with Crippen LogP contribution in [0.15, 0.2) is 22.8 Å². The van der Waals surface area contributed by atoms with Crippen LogP contribution in [0.3, 0.4) is 0 Å². The molecule has 0 aromatic rings. The van der Waals surface area contributed by atoms with Crippen LogP contribution in [0.5, 0.6) is 0 Å². The molecule has 5 rings (SSSR count). The van der Waals surface area contributed by atoms with Crippen molar-refractivity contribution in [3.8, 4) is 0 Å². The van der Waals surface area contributed by atoms with E-state index in [2.05, 4.69) is 13.0 Å². The van der Waals surface area contributed by atoms with Crippen molar-refractivity contribution in [2.75, 3.05) is 6.61 Å². The molecule has 3 fully saturated rings. The van der Waals surface area contributed by atoms with Crippen molar-refractivity contribution in [1.29, 1.82) is 0 Å². The number of allylic oxidation sites excluding steroid dienone is 1. The Labute approximate surface area is 207 Å². The van der Waals surface area contributed by atoms with Crippen LogP contribution in [0.1, 0.15) is 79.1 Å². The first-order chi connectivity index (χ1) is 16.3. The van der Waals surface area contributed by atoms with Gasteiger partial charge in [-0.2, -0.15) is 0 Å². The molecule has 1 aliphatic heterocycles. The molecular formula is C28H40O7. The van der Waals surface area contributed by atoms with E-state index in [-0.39, 0.29) is 42.1 Å². The third-order valence-corrected chi connectivity index (χ3v) is 11.1. The second-order valence-corrected chi connectivity index (χ2v) is 12.6. The molecule has 0 bridgehead atoms. The highest BCUT2D eigenvalue weighted by Crippen LogP contribution is 2.69. The lowest BCUT2D eigenvalue weighted by atomic mass is 9.44. The number of ketones is 1. The number of esters is 1. The van der Waals surface area contributed by atoms with Crippen LogP contribution in [0, 0.1) is 28.6 Å². The van der Waals surface area contributed by atoms with E-state index < -0.39 is 40.2 Å². The lowest BCUT2D eigenvalue weighted by Crippen LogP contribution is -2.64. The summed E-state index contributed by atoms with van der Waals surface area (Å²) in [5.41, 5.74) is -1.65. The molecule has 194 valence electrons. The maximum Gasteiger partial charge on any atom is 0.336 e. The average molecular weight is 489 g/mol. The lowest BCUT2D eigenvalue weighted by Gasteiger charge is -2.61. The van der Waals surface area contributed by atoms with Gasteiger partial charge in [-0.05, 0) is 77.0 Å². The number of aliphatic hydroxyl groups is 4. The molecule has 0 aromatic heterocycles. The van der Waals surface area contributed by atoms with Crippen molar-refractivity contribution in [2.45, 2.75) is 102 Å². The number of carbonyl (C=O) groups excluding carboxylic acids is 2. The van der Waals surface area contributed by atoms with E-state index in [4.69, 9.17) is 4.74 Å². The summed E-state index contributed by atoms with van der Waals surface area (Å²) in [6, 6.07) is 0. The average Bonchev–Trinajstić information content (AvgIpc) is 3.06. The summed E-state index contributed by atoms with van der Waals surface area (Å²) in [6.45, 7) is 7.21. The molecule has 1 heterocycles. The molecule has 0 radical (unpaired) electrons. The second-order valence-electron chi connectivity index (χ2n) is 12.6. The number of ether oxygens (including phenoxy) is 1. The van der Waals surface area contributed by atoms with Crippen LogP contribution in [0.2, 0.25) is 0 Å². The number of hydrogen-bond acceptors (Lipinski definition) is 7. The molecule has 0 amide bonds. The summed E-state index contributed by atoms with van der Waals surface area (Å²) < 4.78 is 5.65. The Bertz CT molecular complexity index is 1010. The van der Waals surface area contributed by atoms with Crippen LogP contribution in [0.25, 0.3) is 0 Å². The smallest absolute Gasteiger partial charge is 0.336 e. The minimum absolute atomic E-state index is 0.00840. The van der Waals surface area contributed by atoms with Crippen molar-refractivity contribution < 1.29 is 34.8 Å². The normalized spacial score (nSPS) is 47.3. The van der Waals surface area contributed by atoms with Crippen molar-refractivity contribution in [1.82, 2.24) is 0 Å². The molecule has 0 aromatic carbocycles. The summed E-state index contributed by atoms with van der Waals surface area (Å²) in [5, 5.41) is 44.0. The minimum atomic E-state index is -1.35. The molecule has 5 aliphatic rings. The Hall–Kier alpha value is -1.54. The Balaban J connectivity index is 1.47. The van der Waals surface area contributed by atoms with Crippen LogP contribution in [0.4, 0.5) is 0 Å². The summed E-state index contributed by atoms with van der Waals surface area (Å²) >= 11 is 0. The van der Waals surface area contributed by atoms with Gasteiger partial charge in [0.2, 0.25) is 0 Å². The van der Waals surface area contributed by atoms with E-state index in [9.17, 15) is 30.0 Å². The molecule has 0 spiro atoms. The zero-order valence-corrected chi connectivity index (χ0v) is 21.3.